The van der Waals surface area contributed by atoms with Crippen molar-refractivity contribution < 1.29 is 9.47 Å². The van der Waals surface area contributed by atoms with Crippen molar-refractivity contribution in [2.75, 3.05) is 20.3 Å². The number of rotatable bonds is 8. The topological polar surface area (TPSA) is 48.3 Å². The molecule has 5 heteroatoms. The molecule has 1 N–H and O–H groups in total. The fourth-order valence-corrected chi connectivity index (χ4v) is 1.86. The summed E-state index contributed by atoms with van der Waals surface area (Å²) in [5, 5.41) is 7.51. The Morgan fingerprint density at radius 2 is 1.94 bits per heavy atom. The van der Waals surface area contributed by atoms with Gasteiger partial charge in [0.2, 0.25) is 0 Å². The Morgan fingerprint density at radius 3 is 2.41 bits per heavy atom. The molecule has 0 aliphatic heterocycles. The van der Waals surface area contributed by atoms with Gasteiger partial charge in [-0.25, -0.2) is 0 Å². The summed E-state index contributed by atoms with van der Waals surface area (Å²) in [7, 11) is 1.91. The lowest BCUT2D eigenvalue weighted by Crippen LogP contribution is -2.35. The SMILES string of the molecule is CCOC(OCC)C(NC)c1ccnn1CC. The molecule has 1 heterocycles. The van der Waals surface area contributed by atoms with Gasteiger partial charge < -0.3 is 14.8 Å². The summed E-state index contributed by atoms with van der Waals surface area (Å²) in [4.78, 5) is 0. The van der Waals surface area contributed by atoms with Crippen molar-refractivity contribution >= 4 is 0 Å². The van der Waals surface area contributed by atoms with Crippen molar-refractivity contribution in [2.45, 2.75) is 39.6 Å². The molecule has 1 rings (SSSR count). The number of likely N-dealkylation sites (N-methyl/N-ethyl adjacent to an activating group) is 1. The van der Waals surface area contributed by atoms with Gasteiger partial charge in [0.15, 0.2) is 6.29 Å². The third-order valence-electron chi connectivity index (χ3n) is 2.61. The van der Waals surface area contributed by atoms with Crippen molar-refractivity contribution in [3.63, 3.8) is 0 Å². The van der Waals surface area contributed by atoms with Gasteiger partial charge in [-0.3, -0.25) is 4.68 Å². The third kappa shape index (κ3) is 3.52. The maximum absolute atomic E-state index is 5.63. The van der Waals surface area contributed by atoms with Crippen LogP contribution in [-0.2, 0) is 16.0 Å². The Morgan fingerprint density at radius 1 is 1.29 bits per heavy atom. The standard InChI is InChI=1S/C12H23N3O2/c1-5-15-10(8-9-14-15)11(13-4)12(16-6-2)17-7-3/h8-9,11-13H,5-7H2,1-4H3. The van der Waals surface area contributed by atoms with Gasteiger partial charge in [0, 0.05) is 26.0 Å². The number of hydrogen-bond acceptors (Lipinski definition) is 4. The smallest absolute Gasteiger partial charge is 0.178 e. The summed E-state index contributed by atoms with van der Waals surface area (Å²) in [5.74, 6) is 0. The van der Waals surface area contributed by atoms with Crippen LogP contribution in [-0.4, -0.2) is 36.3 Å². The number of nitrogens with one attached hydrogen (secondary N) is 1. The maximum Gasteiger partial charge on any atom is 0.178 e. The van der Waals surface area contributed by atoms with E-state index in [0.29, 0.717) is 13.2 Å². The van der Waals surface area contributed by atoms with Crippen LogP contribution in [0, 0.1) is 0 Å². The lowest BCUT2D eigenvalue weighted by atomic mass is 10.2. The van der Waals surface area contributed by atoms with Crippen LogP contribution in [0.4, 0.5) is 0 Å². The van der Waals surface area contributed by atoms with Crippen LogP contribution in [0.15, 0.2) is 12.3 Å². The molecule has 1 atom stereocenters. The van der Waals surface area contributed by atoms with Crippen molar-refractivity contribution in [3.8, 4) is 0 Å². The molecule has 1 aromatic rings. The van der Waals surface area contributed by atoms with Crippen LogP contribution in [0.25, 0.3) is 0 Å². The molecule has 0 fully saturated rings. The zero-order chi connectivity index (χ0) is 12.7. The molecular formula is C12H23N3O2. The van der Waals surface area contributed by atoms with E-state index in [1.54, 1.807) is 6.20 Å². The van der Waals surface area contributed by atoms with Crippen LogP contribution in [0.5, 0.6) is 0 Å². The fourth-order valence-electron chi connectivity index (χ4n) is 1.86. The highest BCUT2D eigenvalue weighted by molar-refractivity contribution is 5.08. The fraction of sp³-hybridized carbons (Fsp3) is 0.750. The summed E-state index contributed by atoms with van der Waals surface area (Å²) < 4.78 is 13.2. The molecule has 17 heavy (non-hydrogen) atoms. The van der Waals surface area contributed by atoms with Gasteiger partial charge in [-0.05, 0) is 33.9 Å². The molecule has 0 radical (unpaired) electrons. The van der Waals surface area contributed by atoms with Gasteiger partial charge in [0.05, 0.1) is 5.69 Å². The molecule has 1 unspecified atom stereocenters. The minimum absolute atomic E-state index is 0.00245. The molecule has 0 saturated heterocycles. The Labute approximate surface area is 103 Å². The second kappa shape index (κ2) is 7.42. The van der Waals surface area contributed by atoms with Crippen molar-refractivity contribution in [3.05, 3.63) is 18.0 Å². The minimum atomic E-state index is -0.281. The van der Waals surface area contributed by atoms with E-state index in [9.17, 15) is 0 Å². The van der Waals surface area contributed by atoms with Crippen LogP contribution < -0.4 is 5.32 Å². The highest BCUT2D eigenvalue weighted by Crippen LogP contribution is 2.19. The highest BCUT2D eigenvalue weighted by atomic mass is 16.7. The van der Waals surface area contributed by atoms with Crippen LogP contribution in [0.1, 0.15) is 32.5 Å². The first kappa shape index (κ1) is 14.2. The molecule has 0 amide bonds. The van der Waals surface area contributed by atoms with Crippen molar-refractivity contribution in [2.24, 2.45) is 0 Å². The number of nitrogens with zero attached hydrogens (tertiary/aromatic N) is 2. The molecular weight excluding hydrogens is 218 g/mol. The monoisotopic (exact) mass is 241 g/mol. The highest BCUT2D eigenvalue weighted by Gasteiger charge is 2.25. The lowest BCUT2D eigenvalue weighted by Gasteiger charge is -2.26. The van der Waals surface area contributed by atoms with Gasteiger partial charge in [0.1, 0.15) is 6.04 Å². The Bertz CT molecular complexity index is 308. The molecule has 0 aliphatic rings. The average molecular weight is 241 g/mol. The minimum Gasteiger partial charge on any atom is -0.351 e. The van der Waals surface area contributed by atoms with E-state index in [0.717, 1.165) is 12.2 Å². The van der Waals surface area contributed by atoms with E-state index in [2.05, 4.69) is 17.3 Å². The van der Waals surface area contributed by atoms with Gasteiger partial charge in [-0.1, -0.05) is 0 Å². The second-order valence-electron chi connectivity index (χ2n) is 3.62. The van der Waals surface area contributed by atoms with Crippen LogP contribution in [0.2, 0.25) is 0 Å². The van der Waals surface area contributed by atoms with Gasteiger partial charge >= 0.3 is 0 Å². The summed E-state index contributed by atoms with van der Waals surface area (Å²) in [5.41, 5.74) is 1.09. The van der Waals surface area contributed by atoms with E-state index >= 15 is 0 Å². The third-order valence-corrected chi connectivity index (χ3v) is 2.61. The van der Waals surface area contributed by atoms with Gasteiger partial charge in [-0.2, -0.15) is 5.10 Å². The van der Waals surface area contributed by atoms with E-state index < -0.39 is 0 Å². The van der Waals surface area contributed by atoms with Crippen LogP contribution in [0.3, 0.4) is 0 Å². The van der Waals surface area contributed by atoms with Crippen LogP contribution >= 0.6 is 0 Å². The molecule has 0 saturated carbocycles. The molecule has 1 aromatic heterocycles. The summed E-state index contributed by atoms with van der Waals surface area (Å²) >= 11 is 0. The Balaban J connectivity index is 2.87. The summed E-state index contributed by atoms with van der Waals surface area (Å²) in [6.45, 7) is 8.10. The van der Waals surface area contributed by atoms with Crippen molar-refractivity contribution in [1.29, 1.82) is 0 Å². The molecule has 0 aliphatic carbocycles. The predicted molar refractivity (Wildman–Crippen MR) is 66.7 cm³/mol. The molecule has 0 spiro atoms. The van der Waals surface area contributed by atoms with Crippen molar-refractivity contribution in [1.82, 2.24) is 15.1 Å². The van der Waals surface area contributed by atoms with E-state index in [1.165, 1.54) is 0 Å². The van der Waals surface area contributed by atoms with Gasteiger partial charge in [0.25, 0.3) is 0 Å². The van der Waals surface area contributed by atoms with Gasteiger partial charge in [-0.15, -0.1) is 0 Å². The number of aryl methyl sites for hydroxylation is 1. The first-order valence-electron chi connectivity index (χ1n) is 6.20. The van der Waals surface area contributed by atoms with E-state index in [-0.39, 0.29) is 12.3 Å². The predicted octanol–water partition coefficient (Wildman–Crippen LogP) is 1.56. The first-order valence-corrected chi connectivity index (χ1v) is 6.20. The first-order chi connectivity index (χ1) is 8.28. The molecule has 5 nitrogen and oxygen atoms in total. The number of aromatic nitrogens is 2. The summed E-state index contributed by atoms with van der Waals surface area (Å²) in [6, 6.07) is 1.99. The molecule has 0 bridgehead atoms. The molecule has 98 valence electrons. The lowest BCUT2D eigenvalue weighted by molar-refractivity contribution is -0.155. The van der Waals surface area contributed by atoms with E-state index in [1.807, 2.05) is 31.6 Å². The Hall–Kier alpha value is -0.910. The zero-order valence-corrected chi connectivity index (χ0v) is 11.1. The molecule has 0 aromatic carbocycles. The second-order valence-corrected chi connectivity index (χ2v) is 3.62. The maximum atomic E-state index is 5.63. The zero-order valence-electron chi connectivity index (χ0n) is 11.1. The normalized spacial score (nSPS) is 13.2. The average Bonchev–Trinajstić information content (AvgIpc) is 2.79. The Kier molecular flexibility index (Phi) is 6.18. The number of hydrogen-bond donors (Lipinski definition) is 1. The quantitative estimate of drug-likeness (QED) is 0.702. The largest absolute Gasteiger partial charge is 0.351 e. The summed E-state index contributed by atoms with van der Waals surface area (Å²) in [6.07, 6.45) is 1.52. The van der Waals surface area contributed by atoms with E-state index in [4.69, 9.17) is 9.47 Å². The number of ether oxygens (including phenoxy) is 2.